The summed E-state index contributed by atoms with van der Waals surface area (Å²) >= 11 is 6.28. The topological polar surface area (TPSA) is 81.8 Å². The number of ether oxygens (including phenoxy) is 2. The van der Waals surface area contributed by atoms with Crippen molar-refractivity contribution in [3.8, 4) is 11.5 Å². The Labute approximate surface area is 122 Å². The molecule has 1 aliphatic rings. The van der Waals surface area contributed by atoms with Gasteiger partial charge in [-0.15, -0.1) is 0 Å². The zero-order valence-corrected chi connectivity index (χ0v) is 12.2. The predicted octanol–water partition coefficient (Wildman–Crippen LogP) is 2.19. The van der Waals surface area contributed by atoms with Gasteiger partial charge in [0.1, 0.15) is 19.3 Å². The minimum atomic E-state index is -1.05. The molecule has 0 saturated heterocycles. The van der Waals surface area contributed by atoms with Gasteiger partial charge in [-0.1, -0.05) is 25.4 Å². The lowest BCUT2D eigenvalue weighted by Crippen LogP contribution is -2.33. The molecule has 20 heavy (non-hydrogen) atoms. The highest BCUT2D eigenvalue weighted by molar-refractivity contribution is 6.31. The Morgan fingerprint density at radius 3 is 2.70 bits per heavy atom. The van der Waals surface area contributed by atoms with Crippen molar-refractivity contribution in [3.05, 3.63) is 22.2 Å². The van der Waals surface area contributed by atoms with Gasteiger partial charge in [-0.3, -0.25) is 4.79 Å². The van der Waals surface area contributed by atoms with Crippen LogP contribution in [0.3, 0.4) is 0 Å². The molecule has 0 spiro atoms. The highest BCUT2D eigenvalue weighted by atomic mass is 35.5. The first-order chi connectivity index (χ1) is 9.41. The predicted molar refractivity (Wildman–Crippen MR) is 75.8 cm³/mol. The van der Waals surface area contributed by atoms with Gasteiger partial charge in [0.05, 0.1) is 0 Å². The second kappa shape index (κ2) is 5.89. The standard InChI is InChI=1S/C14H18ClNO4/c1-7(2)12-8(5-10(16)14(17)18)9(15)6-11-13(12)20-4-3-19-11/h6-7,10H,3-5,16H2,1-2H3,(H,17,18). The maximum Gasteiger partial charge on any atom is 0.320 e. The van der Waals surface area contributed by atoms with E-state index in [9.17, 15) is 4.79 Å². The fourth-order valence-electron chi connectivity index (χ4n) is 2.34. The largest absolute Gasteiger partial charge is 0.486 e. The van der Waals surface area contributed by atoms with Gasteiger partial charge in [-0.25, -0.2) is 0 Å². The van der Waals surface area contributed by atoms with Gasteiger partial charge >= 0.3 is 5.97 Å². The van der Waals surface area contributed by atoms with Gasteiger partial charge in [-0.2, -0.15) is 0 Å². The molecule has 2 rings (SSSR count). The van der Waals surface area contributed by atoms with Crippen LogP contribution in [0.2, 0.25) is 5.02 Å². The number of aliphatic carboxylic acids is 1. The third kappa shape index (κ3) is 2.83. The van der Waals surface area contributed by atoms with Crippen molar-refractivity contribution in [3.63, 3.8) is 0 Å². The molecule has 1 aromatic carbocycles. The fourth-order valence-corrected chi connectivity index (χ4v) is 2.62. The summed E-state index contributed by atoms with van der Waals surface area (Å²) < 4.78 is 11.2. The Morgan fingerprint density at radius 1 is 1.45 bits per heavy atom. The quantitative estimate of drug-likeness (QED) is 0.890. The number of carboxylic acids is 1. The third-order valence-corrected chi connectivity index (χ3v) is 3.58. The molecular formula is C14H18ClNO4. The molecule has 1 atom stereocenters. The van der Waals surface area contributed by atoms with Crippen molar-refractivity contribution in [2.75, 3.05) is 13.2 Å². The van der Waals surface area contributed by atoms with E-state index in [-0.39, 0.29) is 12.3 Å². The van der Waals surface area contributed by atoms with E-state index in [2.05, 4.69) is 0 Å². The summed E-state index contributed by atoms with van der Waals surface area (Å²) in [6.45, 7) is 4.95. The van der Waals surface area contributed by atoms with Gasteiger partial charge in [-0.05, 0) is 11.5 Å². The molecule has 0 amide bonds. The first kappa shape index (κ1) is 14.9. The zero-order valence-electron chi connectivity index (χ0n) is 11.5. The molecule has 110 valence electrons. The van der Waals surface area contributed by atoms with Gasteiger partial charge < -0.3 is 20.3 Å². The summed E-state index contributed by atoms with van der Waals surface area (Å²) in [4.78, 5) is 11.0. The molecule has 1 aromatic rings. The number of hydrogen-bond donors (Lipinski definition) is 2. The van der Waals surface area contributed by atoms with Crippen LogP contribution in [0.5, 0.6) is 11.5 Å². The van der Waals surface area contributed by atoms with Crippen LogP contribution in [0.25, 0.3) is 0 Å². The van der Waals surface area contributed by atoms with Crippen molar-refractivity contribution in [1.82, 2.24) is 0 Å². The Morgan fingerprint density at radius 2 is 2.10 bits per heavy atom. The molecule has 3 N–H and O–H groups in total. The number of benzene rings is 1. The number of rotatable bonds is 4. The number of carbonyl (C=O) groups is 1. The van der Waals surface area contributed by atoms with Crippen molar-refractivity contribution >= 4 is 17.6 Å². The molecule has 0 aliphatic carbocycles. The van der Waals surface area contributed by atoms with Gasteiger partial charge in [0.15, 0.2) is 11.5 Å². The first-order valence-corrected chi connectivity index (χ1v) is 6.88. The second-order valence-electron chi connectivity index (χ2n) is 5.08. The Bertz CT molecular complexity index is 530. The van der Waals surface area contributed by atoms with E-state index in [0.717, 1.165) is 11.1 Å². The van der Waals surface area contributed by atoms with Gasteiger partial charge in [0, 0.05) is 23.1 Å². The van der Waals surface area contributed by atoms with E-state index in [4.69, 9.17) is 31.9 Å². The van der Waals surface area contributed by atoms with E-state index in [1.807, 2.05) is 13.8 Å². The molecule has 1 heterocycles. The second-order valence-corrected chi connectivity index (χ2v) is 5.49. The van der Waals surface area contributed by atoms with Crippen LogP contribution < -0.4 is 15.2 Å². The molecule has 0 radical (unpaired) electrons. The Balaban J connectivity index is 2.51. The highest BCUT2D eigenvalue weighted by Gasteiger charge is 2.26. The lowest BCUT2D eigenvalue weighted by Gasteiger charge is -2.26. The van der Waals surface area contributed by atoms with Crippen LogP contribution in [-0.2, 0) is 11.2 Å². The van der Waals surface area contributed by atoms with Crippen LogP contribution in [0.1, 0.15) is 30.9 Å². The van der Waals surface area contributed by atoms with Crippen molar-refractivity contribution in [1.29, 1.82) is 0 Å². The first-order valence-electron chi connectivity index (χ1n) is 6.51. The fraction of sp³-hybridized carbons (Fsp3) is 0.500. The van der Waals surface area contributed by atoms with Crippen molar-refractivity contribution < 1.29 is 19.4 Å². The van der Waals surface area contributed by atoms with Crippen LogP contribution in [0.4, 0.5) is 0 Å². The number of hydrogen-bond acceptors (Lipinski definition) is 4. The molecule has 5 nitrogen and oxygen atoms in total. The van der Waals surface area contributed by atoms with E-state index < -0.39 is 12.0 Å². The monoisotopic (exact) mass is 299 g/mol. The smallest absolute Gasteiger partial charge is 0.320 e. The minimum Gasteiger partial charge on any atom is -0.486 e. The molecule has 0 saturated carbocycles. The van der Waals surface area contributed by atoms with Crippen LogP contribution in [-0.4, -0.2) is 30.3 Å². The maximum absolute atomic E-state index is 11.0. The number of nitrogens with two attached hydrogens (primary N) is 1. The average Bonchev–Trinajstić information content (AvgIpc) is 2.38. The van der Waals surface area contributed by atoms with E-state index in [0.29, 0.717) is 29.7 Å². The van der Waals surface area contributed by atoms with Gasteiger partial charge in [0.25, 0.3) is 0 Å². The summed E-state index contributed by atoms with van der Waals surface area (Å²) in [5, 5.41) is 9.45. The van der Waals surface area contributed by atoms with E-state index in [1.54, 1.807) is 6.07 Å². The Kier molecular flexibility index (Phi) is 4.40. The highest BCUT2D eigenvalue weighted by Crippen LogP contribution is 2.43. The number of fused-ring (bicyclic) bond motifs is 1. The summed E-state index contributed by atoms with van der Waals surface area (Å²) in [6, 6.07) is 0.679. The molecule has 1 unspecified atom stereocenters. The number of halogens is 1. The molecule has 1 aliphatic heterocycles. The van der Waals surface area contributed by atoms with E-state index >= 15 is 0 Å². The third-order valence-electron chi connectivity index (χ3n) is 3.25. The molecule has 0 aromatic heterocycles. The van der Waals surface area contributed by atoms with E-state index in [1.165, 1.54) is 0 Å². The summed E-state index contributed by atoms with van der Waals surface area (Å²) in [6.07, 6.45) is 0.165. The average molecular weight is 300 g/mol. The minimum absolute atomic E-state index is 0.125. The van der Waals surface area contributed by atoms with Crippen molar-refractivity contribution in [2.24, 2.45) is 5.73 Å². The van der Waals surface area contributed by atoms with Gasteiger partial charge in [0.2, 0.25) is 0 Å². The SMILES string of the molecule is CC(C)c1c(CC(N)C(=O)O)c(Cl)cc2c1OCCO2. The number of carboxylic acid groups (broad SMARTS) is 1. The molecule has 0 fully saturated rings. The lowest BCUT2D eigenvalue weighted by molar-refractivity contribution is -0.138. The lowest BCUT2D eigenvalue weighted by atomic mass is 9.91. The molecule has 6 heteroatoms. The normalized spacial score (nSPS) is 15.2. The maximum atomic E-state index is 11.0. The Hall–Kier alpha value is -1.46. The summed E-state index contributed by atoms with van der Waals surface area (Å²) in [5.41, 5.74) is 7.23. The van der Waals surface area contributed by atoms with Crippen molar-refractivity contribution in [2.45, 2.75) is 32.2 Å². The van der Waals surface area contributed by atoms with Crippen LogP contribution in [0.15, 0.2) is 6.07 Å². The zero-order chi connectivity index (χ0) is 14.9. The molecular weight excluding hydrogens is 282 g/mol. The molecule has 0 bridgehead atoms. The summed E-state index contributed by atoms with van der Waals surface area (Å²) in [7, 11) is 0. The van der Waals surface area contributed by atoms with Crippen LogP contribution >= 0.6 is 11.6 Å². The van der Waals surface area contributed by atoms with Crippen LogP contribution in [0, 0.1) is 0 Å². The summed E-state index contributed by atoms with van der Waals surface area (Å²) in [5.74, 6) is 0.339.